The zero-order valence-corrected chi connectivity index (χ0v) is 11.7. The Bertz CT molecular complexity index is 593. The van der Waals surface area contributed by atoms with E-state index in [9.17, 15) is 24.6 Å². The van der Waals surface area contributed by atoms with Gasteiger partial charge in [0.1, 0.15) is 0 Å². The third-order valence-electron chi connectivity index (χ3n) is 3.65. The first-order chi connectivity index (χ1) is 9.81. The molecule has 1 atom stereocenters. The molecule has 0 radical (unpaired) electrons. The number of hydrogen-bond acceptors (Lipinski definition) is 6. The van der Waals surface area contributed by atoms with Gasteiger partial charge in [-0.3, -0.25) is 20.2 Å². The first kappa shape index (κ1) is 15.1. The van der Waals surface area contributed by atoms with E-state index in [4.69, 9.17) is 0 Å². The summed E-state index contributed by atoms with van der Waals surface area (Å²) >= 11 is 0. The van der Waals surface area contributed by atoms with E-state index in [1.165, 1.54) is 0 Å². The van der Waals surface area contributed by atoms with Crippen molar-refractivity contribution in [2.45, 2.75) is 12.5 Å². The van der Waals surface area contributed by atoms with Gasteiger partial charge in [-0.1, -0.05) is 0 Å². The summed E-state index contributed by atoms with van der Waals surface area (Å²) in [5.74, 6) is -0.935. The van der Waals surface area contributed by atoms with Crippen LogP contribution in [0, 0.1) is 26.0 Å². The molecule has 0 aliphatic carbocycles. The van der Waals surface area contributed by atoms with E-state index in [-0.39, 0.29) is 11.7 Å². The van der Waals surface area contributed by atoms with Crippen molar-refractivity contribution < 1.29 is 14.2 Å². The average Bonchev–Trinajstić information content (AvgIpc) is 2.86. The van der Waals surface area contributed by atoms with Gasteiger partial charge in [-0.15, -0.1) is 0 Å². The minimum Gasteiger partial charge on any atom is -0.362 e. The van der Waals surface area contributed by atoms with Gasteiger partial charge in [0, 0.05) is 19.1 Å². The highest BCUT2D eigenvalue weighted by Crippen LogP contribution is 2.37. The number of halogens is 1. The van der Waals surface area contributed by atoms with Crippen molar-refractivity contribution >= 4 is 17.1 Å². The third-order valence-corrected chi connectivity index (χ3v) is 3.65. The molecule has 0 aromatic heterocycles. The molecular weight excluding hydrogens is 283 g/mol. The zero-order chi connectivity index (χ0) is 15.7. The maximum atomic E-state index is 14.1. The molecule has 0 saturated carbocycles. The molecule has 0 N–H and O–H groups in total. The minimum atomic E-state index is -0.935. The molecule has 114 valence electrons. The number of anilines is 1. The molecule has 1 heterocycles. The zero-order valence-electron chi connectivity index (χ0n) is 11.7. The Morgan fingerprint density at radius 3 is 2.43 bits per heavy atom. The molecule has 1 aliphatic rings. The molecule has 8 nitrogen and oxygen atoms in total. The fourth-order valence-electron chi connectivity index (χ4n) is 2.49. The topological polar surface area (TPSA) is 92.8 Å². The standard InChI is InChI=1S/C12H15FN4O4/c1-14(2)8-3-4-15(7-8)12-10(13)5-9(16(18)19)6-11(12)17(20)21/h5-6,8H,3-4,7H2,1-2H3. The van der Waals surface area contributed by atoms with Crippen molar-refractivity contribution in [1.82, 2.24) is 4.90 Å². The maximum Gasteiger partial charge on any atom is 0.302 e. The van der Waals surface area contributed by atoms with Crippen LogP contribution in [-0.4, -0.2) is 48.0 Å². The van der Waals surface area contributed by atoms with Gasteiger partial charge in [-0.25, -0.2) is 4.39 Å². The molecule has 9 heteroatoms. The molecule has 1 saturated heterocycles. The van der Waals surface area contributed by atoms with Crippen LogP contribution in [0.1, 0.15) is 6.42 Å². The van der Waals surface area contributed by atoms with Gasteiger partial charge >= 0.3 is 5.69 Å². The van der Waals surface area contributed by atoms with E-state index in [1.54, 1.807) is 4.90 Å². The lowest BCUT2D eigenvalue weighted by atomic mass is 10.2. The summed E-state index contributed by atoms with van der Waals surface area (Å²) in [7, 11) is 3.77. The fraction of sp³-hybridized carbons (Fsp3) is 0.500. The van der Waals surface area contributed by atoms with E-state index in [2.05, 4.69) is 0 Å². The second-order valence-corrected chi connectivity index (χ2v) is 5.16. The van der Waals surface area contributed by atoms with Crippen LogP contribution in [0.4, 0.5) is 21.5 Å². The Morgan fingerprint density at radius 2 is 1.95 bits per heavy atom. The van der Waals surface area contributed by atoms with Gasteiger partial charge in [-0.2, -0.15) is 0 Å². The molecule has 1 aromatic rings. The van der Waals surface area contributed by atoms with Crippen LogP contribution in [0.25, 0.3) is 0 Å². The van der Waals surface area contributed by atoms with Crippen molar-refractivity contribution in [2.24, 2.45) is 0 Å². The molecule has 1 unspecified atom stereocenters. The van der Waals surface area contributed by atoms with Crippen molar-refractivity contribution in [1.29, 1.82) is 0 Å². The summed E-state index contributed by atoms with van der Waals surface area (Å²) in [6, 6.07) is 1.70. The Balaban J connectivity index is 2.44. The second kappa shape index (κ2) is 5.60. The largest absolute Gasteiger partial charge is 0.362 e. The molecule has 1 aromatic carbocycles. The Morgan fingerprint density at radius 1 is 1.29 bits per heavy atom. The van der Waals surface area contributed by atoms with Gasteiger partial charge in [0.2, 0.25) is 0 Å². The molecular formula is C12H15FN4O4. The lowest BCUT2D eigenvalue weighted by molar-refractivity contribution is -0.394. The lowest BCUT2D eigenvalue weighted by Crippen LogP contribution is -2.32. The molecule has 0 amide bonds. The highest BCUT2D eigenvalue weighted by Gasteiger charge is 2.33. The molecule has 1 fully saturated rings. The SMILES string of the molecule is CN(C)C1CCN(c2c(F)cc([N+](=O)[O-])cc2[N+](=O)[O-])C1. The number of nitrogens with zero attached hydrogens (tertiary/aromatic N) is 4. The van der Waals surface area contributed by atoms with Crippen LogP contribution in [-0.2, 0) is 0 Å². The first-order valence-corrected chi connectivity index (χ1v) is 6.35. The fourth-order valence-corrected chi connectivity index (χ4v) is 2.49. The number of likely N-dealkylation sites (N-methyl/N-ethyl adjacent to an activating group) is 1. The van der Waals surface area contributed by atoms with Crippen LogP contribution >= 0.6 is 0 Å². The highest BCUT2D eigenvalue weighted by atomic mass is 19.1. The predicted molar refractivity (Wildman–Crippen MR) is 74.0 cm³/mol. The smallest absolute Gasteiger partial charge is 0.302 e. The maximum absolute atomic E-state index is 14.1. The van der Waals surface area contributed by atoms with E-state index >= 15 is 0 Å². The highest BCUT2D eigenvalue weighted by molar-refractivity contribution is 5.68. The number of nitro groups is 2. The van der Waals surface area contributed by atoms with Crippen LogP contribution in [0.15, 0.2) is 12.1 Å². The summed E-state index contributed by atoms with van der Waals surface area (Å²) in [5, 5.41) is 21.8. The Labute approximate surface area is 120 Å². The molecule has 1 aliphatic heterocycles. The Hall–Kier alpha value is -2.29. The number of benzene rings is 1. The van der Waals surface area contributed by atoms with Crippen LogP contribution < -0.4 is 4.90 Å². The second-order valence-electron chi connectivity index (χ2n) is 5.16. The average molecular weight is 298 g/mol. The lowest BCUT2D eigenvalue weighted by Gasteiger charge is -2.21. The molecule has 2 rings (SSSR count). The summed E-state index contributed by atoms with van der Waals surface area (Å²) in [5.41, 5.74) is -1.36. The normalized spacial score (nSPS) is 18.3. The molecule has 0 bridgehead atoms. The number of nitro benzene ring substituents is 2. The first-order valence-electron chi connectivity index (χ1n) is 6.35. The number of rotatable bonds is 4. The molecule has 21 heavy (non-hydrogen) atoms. The van der Waals surface area contributed by atoms with Gasteiger partial charge in [0.05, 0.1) is 22.0 Å². The number of non-ortho nitro benzene ring substituents is 1. The quantitative estimate of drug-likeness (QED) is 0.621. The van der Waals surface area contributed by atoms with Crippen LogP contribution in [0.2, 0.25) is 0 Å². The summed E-state index contributed by atoms with van der Waals surface area (Å²) in [6.07, 6.45) is 0.751. The van der Waals surface area contributed by atoms with Gasteiger partial charge in [0.15, 0.2) is 11.5 Å². The van der Waals surface area contributed by atoms with Gasteiger partial charge in [0.25, 0.3) is 5.69 Å². The molecule has 0 spiro atoms. The van der Waals surface area contributed by atoms with Gasteiger partial charge < -0.3 is 9.80 Å². The van der Waals surface area contributed by atoms with Gasteiger partial charge in [-0.05, 0) is 20.5 Å². The summed E-state index contributed by atoms with van der Waals surface area (Å²) in [4.78, 5) is 23.7. The van der Waals surface area contributed by atoms with Crippen LogP contribution in [0.5, 0.6) is 0 Å². The predicted octanol–water partition coefficient (Wildman–Crippen LogP) is 1.78. The Kier molecular flexibility index (Phi) is 4.03. The van der Waals surface area contributed by atoms with Crippen molar-refractivity contribution in [3.63, 3.8) is 0 Å². The van der Waals surface area contributed by atoms with E-state index in [0.717, 1.165) is 18.6 Å². The van der Waals surface area contributed by atoms with Crippen molar-refractivity contribution in [3.8, 4) is 0 Å². The monoisotopic (exact) mass is 298 g/mol. The van der Waals surface area contributed by atoms with E-state index in [1.807, 2.05) is 19.0 Å². The van der Waals surface area contributed by atoms with Crippen LogP contribution in [0.3, 0.4) is 0 Å². The minimum absolute atomic E-state index is 0.166. The van der Waals surface area contributed by atoms with E-state index < -0.39 is 27.0 Å². The third kappa shape index (κ3) is 2.92. The summed E-state index contributed by atoms with van der Waals surface area (Å²) < 4.78 is 14.1. The van der Waals surface area contributed by atoms with Crippen molar-refractivity contribution in [2.75, 3.05) is 32.1 Å². The van der Waals surface area contributed by atoms with E-state index in [0.29, 0.717) is 13.1 Å². The summed E-state index contributed by atoms with van der Waals surface area (Å²) in [6.45, 7) is 0.918. The number of hydrogen-bond donors (Lipinski definition) is 0. The van der Waals surface area contributed by atoms with Crippen molar-refractivity contribution in [3.05, 3.63) is 38.2 Å².